The molecule has 1 aromatic heterocycles. The van der Waals surface area contributed by atoms with Gasteiger partial charge in [-0.1, -0.05) is 6.42 Å². The zero-order valence-electron chi connectivity index (χ0n) is 9.94. The zero-order chi connectivity index (χ0) is 11.5. The number of carbonyl (C=O) groups is 1. The highest BCUT2D eigenvalue weighted by atomic mass is 35.5. The van der Waals surface area contributed by atoms with Crippen LogP contribution in [0, 0.1) is 12.8 Å². The van der Waals surface area contributed by atoms with Gasteiger partial charge in [0.25, 0.3) is 5.91 Å². The van der Waals surface area contributed by atoms with Crippen LogP contribution in [0.4, 0.5) is 0 Å². The van der Waals surface area contributed by atoms with Gasteiger partial charge in [0.05, 0.1) is 6.26 Å². The van der Waals surface area contributed by atoms with Crippen molar-refractivity contribution < 1.29 is 9.21 Å². The quantitative estimate of drug-likeness (QED) is 0.870. The number of halogens is 1. The van der Waals surface area contributed by atoms with Gasteiger partial charge in [-0.05, 0) is 38.3 Å². The molecule has 1 amide bonds. The van der Waals surface area contributed by atoms with Crippen molar-refractivity contribution in [3.05, 3.63) is 23.7 Å². The summed E-state index contributed by atoms with van der Waals surface area (Å²) in [5, 5.41) is 3.01. The van der Waals surface area contributed by atoms with E-state index in [4.69, 9.17) is 10.2 Å². The van der Waals surface area contributed by atoms with Crippen LogP contribution in [0.5, 0.6) is 0 Å². The smallest absolute Gasteiger partial charge is 0.287 e. The number of hydrogen-bond donors (Lipinski definition) is 2. The molecule has 96 valence electrons. The largest absolute Gasteiger partial charge is 0.459 e. The van der Waals surface area contributed by atoms with Crippen LogP contribution in [-0.4, -0.2) is 18.5 Å². The first-order chi connectivity index (χ1) is 7.72. The minimum Gasteiger partial charge on any atom is -0.459 e. The summed E-state index contributed by atoms with van der Waals surface area (Å²) in [5.74, 6) is 0.717. The van der Waals surface area contributed by atoms with Crippen LogP contribution in [0.1, 0.15) is 35.4 Å². The van der Waals surface area contributed by atoms with Gasteiger partial charge < -0.3 is 15.5 Å². The van der Waals surface area contributed by atoms with E-state index in [0.29, 0.717) is 18.2 Å². The molecule has 0 saturated heterocycles. The van der Waals surface area contributed by atoms with Gasteiger partial charge in [0, 0.05) is 11.6 Å². The van der Waals surface area contributed by atoms with Crippen molar-refractivity contribution in [1.82, 2.24) is 5.32 Å². The summed E-state index contributed by atoms with van der Waals surface area (Å²) in [6, 6.07) is 2.01. The first-order valence-corrected chi connectivity index (χ1v) is 5.77. The number of rotatable bonds is 3. The lowest BCUT2D eigenvalue weighted by Crippen LogP contribution is -2.39. The molecule has 1 heterocycles. The Hall–Kier alpha value is -1.00. The van der Waals surface area contributed by atoms with Crippen molar-refractivity contribution in [2.75, 3.05) is 6.54 Å². The average Bonchev–Trinajstić information content (AvgIpc) is 2.86. The van der Waals surface area contributed by atoms with Gasteiger partial charge in [0.2, 0.25) is 0 Å². The summed E-state index contributed by atoms with van der Waals surface area (Å²) >= 11 is 0. The number of nitrogens with two attached hydrogens (primary N) is 1. The molecule has 2 atom stereocenters. The molecule has 4 nitrogen and oxygen atoms in total. The van der Waals surface area contributed by atoms with Crippen LogP contribution in [-0.2, 0) is 0 Å². The number of nitrogens with one attached hydrogen (secondary N) is 1. The molecule has 2 unspecified atom stereocenters. The van der Waals surface area contributed by atoms with E-state index in [-0.39, 0.29) is 24.4 Å². The van der Waals surface area contributed by atoms with Crippen molar-refractivity contribution in [1.29, 1.82) is 0 Å². The van der Waals surface area contributed by atoms with Crippen molar-refractivity contribution >= 4 is 18.3 Å². The predicted molar refractivity (Wildman–Crippen MR) is 68.3 cm³/mol. The topological polar surface area (TPSA) is 68.3 Å². The summed E-state index contributed by atoms with van der Waals surface area (Å²) in [5.41, 5.74) is 6.55. The second kappa shape index (κ2) is 6.07. The third kappa shape index (κ3) is 3.01. The van der Waals surface area contributed by atoms with Gasteiger partial charge in [-0.25, -0.2) is 0 Å². The molecule has 2 rings (SSSR count). The fourth-order valence-corrected chi connectivity index (χ4v) is 2.35. The summed E-state index contributed by atoms with van der Waals surface area (Å²) in [7, 11) is 0. The van der Waals surface area contributed by atoms with E-state index >= 15 is 0 Å². The lowest BCUT2D eigenvalue weighted by molar-refractivity contribution is 0.0899. The maximum atomic E-state index is 11.9. The van der Waals surface area contributed by atoms with E-state index in [1.807, 2.05) is 6.92 Å². The van der Waals surface area contributed by atoms with Crippen molar-refractivity contribution in [3.8, 4) is 0 Å². The second-order valence-electron chi connectivity index (χ2n) is 4.44. The van der Waals surface area contributed by atoms with Crippen LogP contribution in [0.25, 0.3) is 0 Å². The monoisotopic (exact) mass is 258 g/mol. The summed E-state index contributed by atoms with van der Waals surface area (Å²) in [6.45, 7) is 2.51. The number of aryl methyl sites for hydroxylation is 1. The maximum Gasteiger partial charge on any atom is 0.287 e. The van der Waals surface area contributed by atoms with Crippen LogP contribution >= 0.6 is 12.4 Å². The fourth-order valence-electron chi connectivity index (χ4n) is 2.35. The SMILES string of the molecule is Cc1ccoc1C(=O)NC1CCCC1CN.Cl. The normalized spacial score (nSPS) is 23.2. The molecule has 5 heteroatoms. The highest BCUT2D eigenvalue weighted by Gasteiger charge is 2.28. The van der Waals surface area contributed by atoms with Gasteiger partial charge in [0.1, 0.15) is 0 Å². The number of carbonyl (C=O) groups excluding carboxylic acids is 1. The Morgan fingerprint density at radius 3 is 2.94 bits per heavy atom. The molecule has 1 saturated carbocycles. The van der Waals surface area contributed by atoms with Crippen LogP contribution < -0.4 is 11.1 Å². The Kier molecular flexibility index (Phi) is 5.02. The Balaban J connectivity index is 0.00000144. The summed E-state index contributed by atoms with van der Waals surface area (Å²) in [6.07, 6.45) is 4.81. The first-order valence-electron chi connectivity index (χ1n) is 5.77. The van der Waals surface area contributed by atoms with Gasteiger partial charge in [0.15, 0.2) is 5.76 Å². The molecule has 1 aliphatic carbocycles. The Labute approximate surface area is 107 Å². The van der Waals surface area contributed by atoms with Gasteiger partial charge in [-0.3, -0.25) is 4.79 Å². The van der Waals surface area contributed by atoms with Crippen molar-refractivity contribution in [2.24, 2.45) is 11.7 Å². The molecule has 0 radical (unpaired) electrons. The predicted octanol–water partition coefficient (Wildman–Crippen LogP) is 1.87. The second-order valence-corrected chi connectivity index (χ2v) is 4.44. The van der Waals surface area contributed by atoms with Crippen molar-refractivity contribution in [3.63, 3.8) is 0 Å². The van der Waals surface area contributed by atoms with Gasteiger partial charge >= 0.3 is 0 Å². The van der Waals surface area contributed by atoms with Crippen LogP contribution in [0.2, 0.25) is 0 Å². The maximum absolute atomic E-state index is 11.9. The van der Waals surface area contributed by atoms with Gasteiger partial charge in [-0.2, -0.15) is 0 Å². The third-order valence-corrected chi connectivity index (χ3v) is 3.35. The minimum absolute atomic E-state index is 0. The van der Waals surface area contributed by atoms with Crippen LogP contribution in [0.15, 0.2) is 16.7 Å². The first kappa shape index (κ1) is 14.1. The third-order valence-electron chi connectivity index (χ3n) is 3.35. The molecule has 0 aromatic carbocycles. The Morgan fingerprint density at radius 1 is 1.59 bits per heavy atom. The van der Waals surface area contributed by atoms with Crippen molar-refractivity contribution in [2.45, 2.75) is 32.2 Å². The number of amides is 1. The molecule has 17 heavy (non-hydrogen) atoms. The highest BCUT2D eigenvalue weighted by molar-refractivity contribution is 5.93. The van der Waals surface area contributed by atoms with E-state index in [1.165, 1.54) is 0 Å². The molecule has 1 aliphatic rings. The molecule has 3 N–H and O–H groups in total. The molecular formula is C12H19ClN2O2. The summed E-state index contributed by atoms with van der Waals surface area (Å²) < 4.78 is 5.16. The van der Waals surface area contributed by atoms with E-state index in [0.717, 1.165) is 24.8 Å². The molecular weight excluding hydrogens is 240 g/mol. The molecule has 0 aliphatic heterocycles. The lowest BCUT2D eigenvalue weighted by Gasteiger charge is -2.18. The zero-order valence-corrected chi connectivity index (χ0v) is 10.8. The fraction of sp³-hybridized carbons (Fsp3) is 0.583. The molecule has 1 aromatic rings. The van der Waals surface area contributed by atoms with E-state index in [9.17, 15) is 4.79 Å². The Morgan fingerprint density at radius 2 is 2.35 bits per heavy atom. The average molecular weight is 259 g/mol. The van der Waals surface area contributed by atoms with E-state index < -0.39 is 0 Å². The highest BCUT2D eigenvalue weighted by Crippen LogP contribution is 2.25. The summed E-state index contributed by atoms with van der Waals surface area (Å²) in [4.78, 5) is 11.9. The molecule has 0 bridgehead atoms. The molecule has 1 fully saturated rings. The van der Waals surface area contributed by atoms with Gasteiger partial charge in [-0.15, -0.1) is 12.4 Å². The number of hydrogen-bond acceptors (Lipinski definition) is 3. The van der Waals surface area contributed by atoms with E-state index in [1.54, 1.807) is 12.3 Å². The minimum atomic E-state index is -0.118. The van der Waals surface area contributed by atoms with Crippen LogP contribution in [0.3, 0.4) is 0 Å². The standard InChI is InChI=1S/C12H18N2O2.ClH/c1-8-5-6-16-11(8)12(15)14-10-4-2-3-9(10)7-13;/h5-6,9-10H,2-4,7,13H2,1H3,(H,14,15);1H. The van der Waals surface area contributed by atoms with E-state index in [2.05, 4.69) is 5.32 Å². The number of furan rings is 1. The lowest BCUT2D eigenvalue weighted by atomic mass is 10.0. The Bertz CT molecular complexity index is 378. The molecule has 0 spiro atoms.